The van der Waals surface area contributed by atoms with Crippen LogP contribution in [0.5, 0.6) is 5.75 Å². The zero-order chi connectivity index (χ0) is 10.9. The van der Waals surface area contributed by atoms with Crippen LogP contribution >= 0.6 is 0 Å². The molecule has 1 rings (SSSR count). The third-order valence-electron chi connectivity index (χ3n) is 1.82. The molecule has 0 fully saturated rings. The number of rotatable bonds is 1. The Morgan fingerprint density at radius 1 is 1.50 bits per heavy atom. The minimum Gasteiger partial charge on any atom is -0.504 e. The summed E-state index contributed by atoms with van der Waals surface area (Å²) in [6.45, 7) is 5.77. The van der Waals surface area contributed by atoms with Crippen LogP contribution in [-0.4, -0.2) is 18.2 Å². The third kappa shape index (κ3) is 1.89. The fourth-order valence-electron chi connectivity index (χ4n) is 0.990. The summed E-state index contributed by atoms with van der Waals surface area (Å²) in [4.78, 5) is 11.1. The number of carbonyl (C=O) groups is 1. The molecular formula is C10H14O4. The number of furan rings is 1. The Labute approximate surface area is 82.5 Å². The molecule has 78 valence electrons. The van der Waals surface area contributed by atoms with E-state index in [0.29, 0.717) is 5.76 Å². The normalized spacial score (nSPS) is 11.4. The molecule has 0 bridgehead atoms. The fraction of sp³-hybridized carbons (Fsp3) is 0.500. The van der Waals surface area contributed by atoms with Crippen molar-refractivity contribution < 1.29 is 19.1 Å². The molecule has 4 nitrogen and oxygen atoms in total. The fourth-order valence-corrected chi connectivity index (χ4v) is 0.990. The molecular weight excluding hydrogens is 184 g/mol. The first-order valence-corrected chi connectivity index (χ1v) is 4.28. The van der Waals surface area contributed by atoms with Crippen LogP contribution in [0.25, 0.3) is 0 Å². The van der Waals surface area contributed by atoms with Crippen LogP contribution in [0.15, 0.2) is 10.5 Å². The van der Waals surface area contributed by atoms with Gasteiger partial charge in [-0.3, -0.25) is 0 Å². The third-order valence-corrected chi connectivity index (χ3v) is 1.82. The second-order valence-corrected chi connectivity index (χ2v) is 4.07. The predicted octanol–water partition coefficient (Wildman–Crippen LogP) is 2.07. The number of hydrogen-bond acceptors (Lipinski definition) is 4. The molecule has 0 aliphatic carbocycles. The van der Waals surface area contributed by atoms with Gasteiger partial charge in [0.15, 0.2) is 5.75 Å². The van der Waals surface area contributed by atoms with Gasteiger partial charge in [0.1, 0.15) is 5.76 Å². The summed E-state index contributed by atoms with van der Waals surface area (Å²) in [5, 5.41) is 9.40. The van der Waals surface area contributed by atoms with E-state index >= 15 is 0 Å². The molecule has 0 aliphatic heterocycles. The van der Waals surface area contributed by atoms with Gasteiger partial charge >= 0.3 is 5.97 Å². The van der Waals surface area contributed by atoms with Crippen LogP contribution in [0, 0.1) is 0 Å². The van der Waals surface area contributed by atoms with E-state index in [-0.39, 0.29) is 16.9 Å². The van der Waals surface area contributed by atoms with E-state index in [2.05, 4.69) is 4.74 Å². The smallest absolute Gasteiger partial charge is 0.377 e. The van der Waals surface area contributed by atoms with Gasteiger partial charge in [-0.05, 0) is 0 Å². The molecule has 0 spiro atoms. The van der Waals surface area contributed by atoms with E-state index in [1.54, 1.807) is 0 Å². The molecule has 0 saturated heterocycles. The number of aromatic hydroxyl groups is 1. The average Bonchev–Trinajstić information content (AvgIpc) is 2.45. The highest BCUT2D eigenvalue weighted by Gasteiger charge is 2.25. The average molecular weight is 198 g/mol. The quantitative estimate of drug-likeness (QED) is 0.702. The molecule has 0 unspecified atom stereocenters. The summed E-state index contributed by atoms with van der Waals surface area (Å²) in [5.41, 5.74) is -0.246. The topological polar surface area (TPSA) is 59.7 Å². The Balaban J connectivity index is 3.12. The highest BCUT2D eigenvalue weighted by Crippen LogP contribution is 2.31. The van der Waals surface area contributed by atoms with Crippen molar-refractivity contribution in [2.75, 3.05) is 7.11 Å². The van der Waals surface area contributed by atoms with E-state index in [0.717, 1.165) is 0 Å². The Bertz CT molecular complexity index is 343. The van der Waals surface area contributed by atoms with Crippen molar-refractivity contribution in [2.24, 2.45) is 0 Å². The van der Waals surface area contributed by atoms with Crippen molar-refractivity contribution >= 4 is 5.97 Å². The van der Waals surface area contributed by atoms with Crippen LogP contribution < -0.4 is 0 Å². The lowest BCUT2D eigenvalue weighted by atomic mass is 9.93. The highest BCUT2D eigenvalue weighted by atomic mass is 16.5. The van der Waals surface area contributed by atoms with Crippen LogP contribution in [0.3, 0.4) is 0 Å². The first-order chi connectivity index (χ1) is 6.36. The summed E-state index contributed by atoms with van der Waals surface area (Å²) in [7, 11) is 1.24. The Kier molecular flexibility index (Phi) is 2.55. The van der Waals surface area contributed by atoms with Gasteiger partial charge in [0.2, 0.25) is 0 Å². The molecule has 0 aromatic carbocycles. The van der Waals surface area contributed by atoms with Crippen molar-refractivity contribution in [2.45, 2.75) is 26.2 Å². The first kappa shape index (κ1) is 10.6. The standard InChI is InChI=1S/C10H14O4/c1-10(2,3)7-5-6(11)8(14-7)9(12)13-4/h5,11H,1-4H3. The van der Waals surface area contributed by atoms with Gasteiger partial charge in [0.05, 0.1) is 7.11 Å². The van der Waals surface area contributed by atoms with Gasteiger partial charge in [-0.1, -0.05) is 20.8 Å². The van der Waals surface area contributed by atoms with Crippen LogP contribution in [0.1, 0.15) is 37.1 Å². The second-order valence-electron chi connectivity index (χ2n) is 4.07. The van der Waals surface area contributed by atoms with Crippen molar-refractivity contribution in [1.29, 1.82) is 0 Å². The molecule has 1 aromatic heterocycles. The lowest BCUT2D eigenvalue weighted by Gasteiger charge is -2.13. The lowest BCUT2D eigenvalue weighted by molar-refractivity contribution is 0.0557. The van der Waals surface area contributed by atoms with E-state index in [9.17, 15) is 9.90 Å². The zero-order valence-corrected chi connectivity index (χ0v) is 8.75. The number of ether oxygens (including phenoxy) is 1. The van der Waals surface area contributed by atoms with Gasteiger partial charge in [-0.15, -0.1) is 0 Å². The van der Waals surface area contributed by atoms with E-state index in [4.69, 9.17) is 4.42 Å². The summed E-state index contributed by atoms with van der Waals surface area (Å²) in [6, 6.07) is 1.44. The van der Waals surface area contributed by atoms with Crippen LogP contribution in [0.2, 0.25) is 0 Å². The maximum absolute atomic E-state index is 11.1. The molecule has 0 radical (unpaired) electrons. The molecule has 4 heteroatoms. The van der Waals surface area contributed by atoms with Crippen LogP contribution in [0.4, 0.5) is 0 Å². The summed E-state index contributed by atoms with van der Waals surface area (Å²) in [5.74, 6) is -0.437. The minimum atomic E-state index is -0.669. The zero-order valence-electron chi connectivity index (χ0n) is 8.75. The van der Waals surface area contributed by atoms with Crippen molar-refractivity contribution in [1.82, 2.24) is 0 Å². The molecule has 0 atom stereocenters. The van der Waals surface area contributed by atoms with Crippen molar-refractivity contribution in [3.63, 3.8) is 0 Å². The van der Waals surface area contributed by atoms with Gasteiger partial charge in [0, 0.05) is 11.5 Å². The summed E-state index contributed by atoms with van der Waals surface area (Å²) < 4.78 is 9.66. The largest absolute Gasteiger partial charge is 0.504 e. The van der Waals surface area contributed by atoms with Gasteiger partial charge < -0.3 is 14.3 Å². The molecule has 14 heavy (non-hydrogen) atoms. The van der Waals surface area contributed by atoms with E-state index < -0.39 is 5.97 Å². The van der Waals surface area contributed by atoms with E-state index in [1.807, 2.05) is 20.8 Å². The number of esters is 1. The maximum Gasteiger partial charge on any atom is 0.377 e. The summed E-state index contributed by atoms with van der Waals surface area (Å²) >= 11 is 0. The lowest BCUT2D eigenvalue weighted by Crippen LogP contribution is -2.09. The Morgan fingerprint density at radius 2 is 2.07 bits per heavy atom. The number of carbonyl (C=O) groups excluding carboxylic acids is 1. The van der Waals surface area contributed by atoms with Crippen molar-refractivity contribution in [3.05, 3.63) is 17.6 Å². The van der Waals surface area contributed by atoms with Crippen molar-refractivity contribution in [3.8, 4) is 5.75 Å². The van der Waals surface area contributed by atoms with Crippen LogP contribution in [-0.2, 0) is 10.2 Å². The molecule has 1 aromatic rings. The summed E-state index contributed by atoms with van der Waals surface area (Å²) in [6.07, 6.45) is 0. The number of hydrogen-bond donors (Lipinski definition) is 1. The van der Waals surface area contributed by atoms with Gasteiger partial charge in [-0.25, -0.2) is 4.79 Å². The Morgan fingerprint density at radius 3 is 2.43 bits per heavy atom. The van der Waals surface area contributed by atoms with E-state index in [1.165, 1.54) is 13.2 Å². The maximum atomic E-state index is 11.1. The molecule has 1 N–H and O–H groups in total. The first-order valence-electron chi connectivity index (χ1n) is 4.28. The predicted molar refractivity (Wildman–Crippen MR) is 50.4 cm³/mol. The molecule has 0 aliphatic rings. The van der Waals surface area contributed by atoms with Gasteiger partial charge in [-0.2, -0.15) is 0 Å². The SMILES string of the molecule is COC(=O)c1oc(C(C)(C)C)cc1O. The highest BCUT2D eigenvalue weighted by molar-refractivity contribution is 5.89. The molecule has 0 saturated carbocycles. The molecule has 0 amide bonds. The number of methoxy groups -OCH3 is 1. The molecule has 1 heterocycles. The second kappa shape index (κ2) is 3.36. The Hall–Kier alpha value is -1.45. The van der Waals surface area contributed by atoms with Gasteiger partial charge in [0.25, 0.3) is 5.76 Å². The monoisotopic (exact) mass is 198 g/mol. The minimum absolute atomic E-state index is 0.141.